The molecular formula is C14H19N5O4. The van der Waals surface area contributed by atoms with Crippen molar-refractivity contribution in [3.8, 4) is 0 Å². The molecule has 0 bridgehead atoms. The van der Waals surface area contributed by atoms with Crippen LogP contribution in [0.25, 0.3) is 0 Å². The smallest absolute Gasteiger partial charge is 0.325 e. The molecule has 9 heteroatoms. The molecular weight excluding hydrogens is 302 g/mol. The average Bonchev–Trinajstić information content (AvgIpc) is 3.18. The molecule has 1 atom stereocenters. The van der Waals surface area contributed by atoms with Crippen LogP contribution in [0.15, 0.2) is 4.52 Å². The summed E-state index contributed by atoms with van der Waals surface area (Å²) < 4.78 is 5.30. The van der Waals surface area contributed by atoms with Crippen molar-refractivity contribution in [1.29, 1.82) is 0 Å². The third kappa shape index (κ3) is 3.03. The van der Waals surface area contributed by atoms with Crippen LogP contribution >= 0.6 is 0 Å². The summed E-state index contributed by atoms with van der Waals surface area (Å²) in [6.07, 6.45) is 1.58. The van der Waals surface area contributed by atoms with Crippen molar-refractivity contribution in [2.24, 2.45) is 0 Å². The zero-order chi connectivity index (χ0) is 16.6. The molecule has 3 rings (SSSR count). The molecule has 124 valence electrons. The van der Waals surface area contributed by atoms with Gasteiger partial charge in [-0.1, -0.05) is 19.0 Å². The van der Waals surface area contributed by atoms with E-state index >= 15 is 0 Å². The highest BCUT2D eigenvalue weighted by Crippen LogP contribution is 2.31. The molecule has 1 N–H and O–H groups in total. The first-order valence-electron chi connectivity index (χ1n) is 7.67. The Morgan fingerprint density at radius 2 is 2.22 bits per heavy atom. The number of imide groups is 1. The lowest BCUT2D eigenvalue weighted by molar-refractivity contribution is -0.133. The Morgan fingerprint density at radius 3 is 2.83 bits per heavy atom. The van der Waals surface area contributed by atoms with Gasteiger partial charge in [-0.3, -0.25) is 14.9 Å². The topological polar surface area (TPSA) is 109 Å². The van der Waals surface area contributed by atoms with Gasteiger partial charge in [0.15, 0.2) is 5.82 Å². The molecule has 1 unspecified atom stereocenters. The second kappa shape index (κ2) is 5.98. The Balaban J connectivity index is 1.69. The fourth-order valence-corrected chi connectivity index (χ4v) is 2.80. The number of aromatic nitrogens is 2. The van der Waals surface area contributed by atoms with E-state index in [9.17, 15) is 14.4 Å². The van der Waals surface area contributed by atoms with E-state index < -0.39 is 6.03 Å². The molecule has 0 radical (unpaired) electrons. The van der Waals surface area contributed by atoms with Crippen molar-refractivity contribution in [3.05, 3.63) is 11.7 Å². The zero-order valence-corrected chi connectivity index (χ0v) is 13.1. The lowest BCUT2D eigenvalue weighted by Gasteiger charge is -2.24. The molecule has 23 heavy (non-hydrogen) atoms. The number of carbonyl (C=O) groups excluding carboxylic acids is 3. The highest BCUT2D eigenvalue weighted by Gasteiger charge is 2.36. The number of amides is 4. The van der Waals surface area contributed by atoms with Gasteiger partial charge in [0.25, 0.3) is 0 Å². The molecule has 2 saturated heterocycles. The quantitative estimate of drug-likeness (QED) is 0.805. The lowest BCUT2D eigenvalue weighted by Crippen LogP contribution is -2.41. The normalized spacial score (nSPS) is 21.4. The number of carbonyl (C=O) groups is 3. The van der Waals surface area contributed by atoms with Crippen LogP contribution in [0.1, 0.15) is 50.4 Å². The highest BCUT2D eigenvalue weighted by molar-refractivity contribution is 6.03. The molecule has 4 amide bonds. The molecule has 9 nitrogen and oxygen atoms in total. The maximum absolute atomic E-state index is 12.5. The summed E-state index contributed by atoms with van der Waals surface area (Å²) in [5.41, 5.74) is 0. The van der Waals surface area contributed by atoms with E-state index in [0.717, 1.165) is 12.8 Å². The first kappa shape index (κ1) is 15.4. The first-order chi connectivity index (χ1) is 11.0. The van der Waals surface area contributed by atoms with Crippen LogP contribution in [0.4, 0.5) is 4.79 Å². The molecule has 1 aromatic rings. The number of nitrogens with zero attached hydrogens (tertiary/aromatic N) is 4. The zero-order valence-electron chi connectivity index (χ0n) is 13.1. The molecule has 3 heterocycles. The van der Waals surface area contributed by atoms with Crippen LogP contribution in [-0.2, 0) is 9.59 Å². The lowest BCUT2D eigenvalue weighted by atomic mass is 10.2. The van der Waals surface area contributed by atoms with Gasteiger partial charge in [0.2, 0.25) is 17.7 Å². The maximum atomic E-state index is 12.5. The van der Waals surface area contributed by atoms with Gasteiger partial charge in [-0.2, -0.15) is 4.98 Å². The van der Waals surface area contributed by atoms with Crippen LogP contribution in [0.2, 0.25) is 0 Å². The van der Waals surface area contributed by atoms with Gasteiger partial charge in [0.1, 0.15) is 19.1 Å². The maximum Gasteiger partial charge on any atom is 0.325 e. The van der Waals surface area contributed by atoms with Crippen LogP contribution < -0.4 is 5.32 Å². The van der Waals surface area contributed by atoms with Crippen LogP contribution in [0.5, 0.6) is 0 Å². The molecule has 2 aliphatic rings. The van der Waals surface area contributed by atoms with Crippen LogP contribution in [0.3, 0.4) is 0 Å². The summed E-state index contributed by atoms with van der Waals surface area (Å²) >= 11 is 0. The molecule has 0 spiro atoms. The van der Waals surface area contributed by atoms with Gasteiger partial charge in [-0.25, -0.2) is 4.79 Å². The molecule has 2 fully saturated rings. The molecule has 0 aliphatic carbocycles. The van der Waals surface area contributed by atoms with E-state index in [0.29, 0.717) is 18.3 Å². The molecule has 0 aromatic carbocycles. The second-order valence-corrected chi connectivity index (χ2v) is 6.10. The van der Waals surface area contributed by atoms with Gasteiger partial charge in [0.05, 0.1) is 0 Å². The number of hydrogen-bond donors (Lipinski definition) is 1. The highest BCUT2D eigenvalue weighted by atomic mass is 16.5. The SMILES string of the molecule is CC(C)c1noc(C2CCCN2C(=O)CN2CC(=O)NC2=O)n1. The molecule has 1 aromatic heterocycles. The van der Waals surface area contributed by atoms with E-state index in [2.05, 4.69) is 15.5 Å². The summed E-state index contributed by atoms with van der Waals surface area (Å²) in [5, 5.41) is 6.09. The summed E-state index contributed by atoms with van der Waals surface area (Å²) in [7, 11) is 0. The summed E-state index contributed by atoms with van der Waals surface area (Å²) in [6.45, 7) is 4.30. The minimum Gasteiger partial charge on any atom is -0.337 e. The number of rotatable bonds is 4. The number of urea groups is 1. The van der Waals surface area contributed by atoms with E-state index in [1.807, 2.05) is 13.8 Å². The predicted octanol–water partition coefficient (Wildman–Crippen LogP) is 0.408. The van der Waals surface area contributed by atoms with Crippen molar-refractivity contribution in [3.63, 3.8) is 0 Å². The molecule has 0 saturated carbocycles. The summed E-state index contributed by atoms with van der Waals surface area (Å²) in [5.74, 6) is 0.587. The Morgan fingerprint density at radius 1 is 1.43 bits per heavy atom. The van der Waals surface area contributed by atoms with Crippen molar-refractivity contribution >= 4 is 17.8 Å². The summed E-state index contributed by atoms with van der Waals surface area (Å²) in [6, 6.07) is -0.789. The van der Waals surface area contributed by atoms with Gasteiger partial charge in [-0.05, 0) is 12.8 Å². The van der Waals surface area contributed by atoms with Crippen LogP contribution in [0, 0.1) is 0 Å². The van der Waals surface area contributed by atoms with Gasteiger partial charge in [0, 0.05) is 12.5 Å². The Kier molecular flexibility index (Phi) is 4.01. The second-order valence-electron chi connectivity index (χ2n) is 6.10. The van der Waals surface area contributed by atoms with Crippen LogP contribution in [-0.4, -0.2) is 57.4 Å². The van der Waals surface area contributed by atoms with Crippen molar-refractivity contribution < 1.29 is 18.9 Å². The predicted molar refractivity (Wildman–Crippen MR) is 77.2 cm³/mol. The van der Waals surface area contributed by atoms with E-state index in [1.165, 1.54) is 4.90 Å². The van der Waals surface area contributed by atoms with Crippen molar-refractivity contribution in [2.75, 3.05) is 19.6 Å². The van der Waals surface area contributed by atoms with Crippen molar-refractivity contribution in [1.82, 2.24) is 25.3 Å². The van der Waals surface area contributed by atoms with Gasteiger partial charge >= 0.3 is 6.03 Å². The third-order valence-electron chi connectivity index (χ3n) is 4.03. The Bertz CT molecular complexity index is 641. The number of nitrogens with one attached hydrogen (secondary N) is 1. The fourth-order valence-electron chi connectivity index (χ4n) is 2.80. The number of likely N-dealkylation sites (tertiary alicyclic amines) is 1. The van der Waals surface area contributed by atoms with Crippen molar-refractivity contribution in [2.45, 2.75) is 38.6 Å². The monoisotopic (exact) mass is 321 g/mol. The van der Waals surface area contributed by atoms with E-state index in [-0.39, 0.29) is 36.9 Å². The Labute approximate surface area is 133 Å². The number of hydrogen-bond acceptors (Lipinski definition) is 6. The molecule has 2 aliphatic heterocycles. The fraction of sp³-hybridized carbons (Fsp3) is 0.643. The first-order valence-corrected chi connectivity index (χ1v) is 7.67. The Hall–Kier alpha value is -2.45. The minimum atomic E-state index is -0.529. The standard InChI is InChI=1S/C14H19N5O4/c1-8(2)12-16-13(23-17-12)9-4-3-5-19(9)11(21)7-18-6-10(20)15-14(18)22/h8-9H,3-7H2,1-2H3,(H,15,20,22). The van der Waals surface area contributed by atoms with Gasteiger partial charge < -0.3 is 14.3 Å². The largest absolute Gasteiger partial charge is 0.337 e. The summed E-state index contributed by atoms with van der Waals surface area (Å²) in [4.78, 5) is 42.4. The average molecular weight is 321 g/mol. The minimum absolute atomic E-state index is 0.0822. The van der Waals surface area contributed by atoms with Gasteiger partial charge in [-0.15, -0.1) is 0 Å². The third-order valence-corrected chi connectivity index (χ3v) is 4.03. The van der Waals surface area contributed by atoms with E-state index in [1.54, 1.807) is 4.90 Å². The van der Waals surface area contributed by atoms with E-state index in [4.69, 9.17) is 4.52 Å².